The minimum atomic E-state index is -3.54. The zero-order chi connectivity index (χ0) is 15.7. The fraction of sp³-hybridized carbons (Fsp3) is 0.500. The highest BCUT2D eigenvalue weighted by Gasteiger charge is 2.26. The Morgan fingerprint density at radius 3 is 2.35 bits per heavy atom. The second-order valence-corrected chi connectivity index (χ2v) is 8.62. The molecular formula is C14H22N2O2S2. The molecule has 0 amide bonds. The second-order valence-electron chi connectivity index (χ2n) is 6.17. The zero-order valence-corrected chi connectivity index (χ0v) is 14.2. The molecule has 112 valence electrons. The summed E-state index contributed by atoms with van der Waals surface area (Å²) in [5, 5.41) is 0. The van der Waals surface area contributed by atoms with Crippen LogP contribution in [0.1, 0.15) is 31.9 Å². The van der Waals surface area contributed by atoms with E-state index in [1.165, 1.54) is 4.31 Å². The monoisotopic (exact) mass is 314 g/mol. The van der Waals surface area contributed by atoms with Gasteiger partial charge >= 0.3 is 0 Å². The van der Waals surface area contributed by atoms with Crippen molar-refractivity contribution in [2.75, 3.05) is 13.6 Å². The SMILES string of the molecule is Cc1ccc(C(N)=S)cc1S(=O)(=O)N(C)CC(C)(C)C. The van der Waals surface area contributed by atoms with Crippen molar-refractivity contribution >= 4 is 27.2 Å². The number of thiocarbonyl (C=S) groups is 1. The van der Waals surface area contributed by atoms with E-state index in [0.29, 0.717) is 17.7 Å². The first-order chi connectivity index (χ1) is 8.95. The van der Waals surface area contributed by atoms with Crippen LogP contribution < -0.4 is 5.73 Å². The van der Waals surface area contributed by atoms with Gasteiger partial charge in [0.25, 0.3) is 0 Å². The first kappa shape index (κ1) is 17.1. The van der Waals surface area contributed by atoms with E-state index in [-0.39, 0.29) is 15.3 Å². The van der Waals surface area contributed by atoms with Crippen LogP contribution in [0.25, 0.3) is 0 Å². The van der Waals surface area contributed by atoms with Gasteiger partial charge in [0.2, 0.25) is 10.0 Å². The molecule has 4 nitrogen and oxygen atoms in total. The lowest BCUT2D eigenvalue weighted by Gasteiger charge is -2.26. The lowest BCUT2D eigenvalue weighted by molar-refractivity contribution is 0.310. The summed E-state index contributed by atoms with van der Waals surface area (Å²) in [6.45, 7) is 8.19. The Hall–Kier alpha value is -0.980. The van der Waals surface area contributed by atoms with Crippen LogP contribution in [0.4, 0.5) is 0 Å². The second kappa shape index (κ2) is 5.79. The molecule has 1 aromatic carbocycles. The third-order valence-corrected chi connectivity index (χ3v) is 5.04. The van der Waals surface area contributed by atoms with Gasteiger partial charge < -0.3 is 5.73 Å². The van der Waals surface area contributed by atoms with Crippen LogP contribution in [0.5, 0.6) is 0 Å². The molecule has 6 heteroatoms. The molecule has 1 rings (SSSR count). The quantitative estimate of drug-likeness (QED) is 0.866. The van der Waals surface area contributed by atoms with Gasteiger partial charge in [-0.3, -0.25) is 0 Å². The minimum Gasteiger partial charge on any atom is -0.389 e. The molecule has 0 heterocycles. The lowest BCUT2D eigenvalue weighted by Crippen LogP contribution is -2.35. The van der Waals surface area contributed by atoms with Gasteiger partial charge in [-0.1, -0.05) is 45.1 Å². The minimum absolute atomic E-state index is 0.115. The van der Waals surface area contributed by atoms with Crippen molar-refractivity contribution < 1.29 is 8.42 Å². The Balaban J connectivity index is 3.28. The highest BCUT2D eigenvalue weighted by Crippen LogP contribution is 2.24. The van der Waals surface area contributed by atoms with E-state index in [1.807, 2.05) is 20.8 Å². The van der Waals surface area contributed by atoms with Crippen LogP contribution in [0.2, 0.25) is 0 Å². The van der Waals surface area contributed by atoms with Crippen LogP contribution in [-0.2, 0) is 10.0 Å². The van der Waals surface area contributed by atoms with Gasteiger partial charge in [-0.05, 0) is 24.0 Å². The standard InChI is InChI=1S/C14H22N2O2S2/c1-10-6-7-11(13(15)19)8-12(10)20(17,18)16(5)9-14(2,3)4/h6-8H,9H2,1-5H3,(H2,15,19). The van der Waals surface area contributed by atoms with Crippen molar-refractivity contribution in [1.82, 2.24) is 4.31 Å². The third kappa shape index (κ3) is 4.01. The number of benzene rings is 1. The van der Waals surface area contributed by atoms with Gasteiger partial charge in [0.1, 0.15) is 4.99 Å². The normalized spacial score (nSPS) is 12.7. The predicted octanol–water partition coefficient (Wildman–Crippen LogP) is 2.30. The van der Waals surface area contributed by atoms with E-state index >= 15 is 0 Å². The molecule has 0 bridgehead atoms. The molecule has 0 atom stereocenters. The predicted molar refractivity (Wildman–Crippen MR) is 86.3 cm³/mol. The molecule has 0 fully saturated rings. The first-order valence-corrected chi connectivity index (χ1v) is 8.17. The van der Waals surface area contributed by atoms with E-state index in [1.54, 1.807) is 32.2 Å². The third-order valence-electron chi connectivity index (χ3n) is 2.86. The summed E-state index contributed by atoms with van der Waals surface area (Å²) in [5.74, 6) is 0. The molecule has 1 aromatic rings. The van der Waals surface area contributed by atoms with Crippen molar-refractivity contribution in [2.45, 2.75) is 32.6 Å². The topological polar surface area (TPSA) is 63.4 Å². The van der Waals surface area contributed by atoms with E-state index < -0.39 is 10.0 Å². The molecule has 0 radical (unpaired) electrons. The number of sulfonamides is 1. The largest absolute Gasteiger partial charge is 0.389 e. The molecule has 0 aliphatic rings. The highest BCUT2D eigenvalue weighted by atomic mass is 32.2. The van der Waals surface area contributed by atoms with Gasteiger partial charge in [-0.15, -0.1) is 0 Å². The van der Waals surface area contributed by atoms with Crippen LogP contribution in [0.15, 0.2) is 23.1 Å². The van der Waals surface area contributed by atoms with Crippen LogP contribution >= 0.6 is 12.2 Å². The fourth-order valence-electron chi connectivity index (χ4n) is 1.95. The Morgan fingerprint density at radius 2 is 1.90 bits per heavy atom. The van der Waals surface area contributed by atoms with Crippen LogP contribution in [-0.4, -0.2) is 31.3 Å². The maximum absolute atomic E-state index is 12.6. The molecular weight excluding hydrogens is 292 g/mol. The number of rotatable bonds is 4. The fourth-order valence-corrected chi connectivity index (χ4v) is 3.72. The maximum Gasteiger partial charge on any atom is 0.243 e. The number of nitrogens with zero attached hydrogens (tertiary/aromatic N) is 1. The lowest BCUT2D eigenvalue weighted by atomic mass is 9.97. The summed E-state index contributed by atoms with van der Waals surface area (Å²) in [7, 11) is -1.95. The number of aryl methyl sites for hydroxylation is 1. The molecule has 0 saturated heterocycles. The molecule has 20 heavy (non-hydrogen) atoms. The summed E-state index contributed by atoms with van der Waals surface area (Å²) < 4.78 is 26.7. The Bertz CT molecular complexity index is 617. The number of hydrogen-bond acceptors (Lipinski definition) is 3. The van der Waals surface area contributed by atoms with Gasteiger partial charge in [0.15, 0.2) is 0 Å². The van der Waals surface area contributed by atoms with Crippen LogP contribution in [0.3, 0.4) is 0 Å². The van der Waals surface area contributed by atoms with Gasteiger partial charge in [-0.2, -0.15) is 0 Å². The smallest absolute Gasteiger partial charge is 0.243 e. The number of hydrogen-bond donors (Lipinski definition) is 1. The molecule has 0 aromatic heterocycles. The molecule has 0 spiro atoms. The van der Waals surface area contributed by atoms with Crippen LogP contribution in [0, 0.1) is 12.3 Å². The molecule has 0 unspecified atom stereocenters. The Kier molecular flexibility index (Phi) is 4.94. The van der Waals surface area contributed by atoms with Crippen molar-refractivity contribution in [2.24, 2.45) is 11.1 Å². The molecule has 0 aliphatic heterocycles. The Morgan fingerprint density at radius 1 is 1.35 bits per heavy atom. The van der Waals surface area contributed by atoms with E-state index in [0.717, 1.165) is 0 Å². The summed E-state index contributed by atoms with van der Waals surface area (Å²) in [6, 6.07) is 5.01. The van der Waals surface area contributed by atoms with Crippen molar-refractivity contribution in [1.29, 1.82) is 0 Å². The average molecular weight is 314 g/mol. The summed E-state index contributed by atoms with van der Waals surface area (Å²) in [5.41, 5.74) is 6.71. The van der Waals surface area contributed by atoms with Gasteiger partial charge in [0, 0.05) is 19.2 Å². The van der Waals surface area contributed by atoms with Crippen molar-refractivity contribution in [3.8, 4) is 0 Å². The average Bonchev–Trinajstić information content (AvgIpc) is 2.26. The van der Waals surface area contributed by atoms with E-state index in [4.69, 9.17) is 18.0 Å². The molecule has 0 aliphatic carbocycles. The van der Waals surface area contributed by atoms with Crippen molar-refractivity contribution in [3.05, 3.63) is 29.3 Å². The molecule has 2 N–H and O–H groups in total. The Labute approximate surface area is 127 Å². The van der Waals surface area contributed by atoms with E-state index in [2.05, 4.69) is 0 Å². The molecule has 0 saturated carbocycles. The highest BCUT2D eigenvalue weighted by molar-refractivity contribution is 7.89. The zero-order valence-electron chi connectivity index (χ0n) is 12.6. The summed E-state index contributed by atoms with van der Waals surface area (Å²) >= 11 is 4.91. The van der Waals surface area contributed by atoms with E-state index in [9.17, 15) is 8.42 Å². The maximum atomic E-state index is 12.6. The first-order valence-electron chi connectivity index (χ1n) is 6.32. The van der Waals surface area contributed by atoms with Crippen molar-refractivity contribution in [3.63, 3.8) is 0 Å². The number of nitrogens with two attached hydrogens (primary N) is 1. The summed E-state index contributed by atoms with van der Waals surface area (Å²) in [4.78, 5) is 0.453. The van der Waals surface area contributed by atoms with Gasteiger partial charge in [-0.25, -0.2) is 12.7 Å². The summed E-state index contributed by atoms with van der Waals surface area (Å²) in [6.07, 6.45) is 0. The van der Waals surface area contributed by atoms with Gasteiger partial charge in [0.05, 0.1) is 4.90 Å².